The molecule has 1 heterocycles. The monoisotopic (exact) mass is 271 g/mol. The molecule has 0 bridgehead atoms. The molecule has 0 unspecified atom stereocenters. The molecule has 0 aliphatic heterocycles. The van der Waals surface area contributed by atoms with Gasteiger partial charge in [0.25, 0.3) is 0 Å². The summed E-state index contributed by atoms with van der Waals surface area (Å²) >= 11 is 1.59. The Balaban J connectivity index is 2.41. The molecular formula is C11H21N5OS. The maximum atomic E-state index is 11.4. The van der Waals surface area contributed by atoms with Gasteiger partial charge in [0.05, 0.1) is 5.54 Å². The lowest BCUT2D eigenvalue weighted by Gasteiger charge is -2.19. The number of aromatic nitrogens is 4. The molecule has 0 radical (unpaired) electrons. The van der Waals surface area contributed by atoms with E-state index in [9.17, 15) is 4.79 Å². The molecule has 0 aliphatic rings. The molecular weight excluding hydrogens is 250 g/mol. The summed E-state index contributed by atoms with van der Waals surface area (Å²) in [6.45, 7) is 6.18. The molecule has 0 fully saturated rings. The fourth-order valence-corrected chi connectivity index (χ4v) is 2.30. The van der Waals surface area contributed by atoms with E-state index < -0.39 is 0 Å². The van der Waals surface area contributed by atoms with Gasteiger partial charge in [0.2, 0.25) is 11.1 Å². The summed E-state index contributed by atoms with van der Waals surface area (Å²) in [5.41, 5.74) is -0.120. The van der Waals surface area contributed by atoms with Crippen LogP contribution >= 0.6 is 11.8 Å². The normalized spacial score (nSPS) is 11.6. The molecule has 0 saturated carbocycles. The van der Waals surface area contributed by atoms with Crippen LogP contribution in [0.5, 0.6) is 0 Å². The van der Waals surface area contributed by atoms with Gasteiger partial charge in [0.15, 0.2) is 0 Å². The van der Waals surface area contributed by atoms with Gasteiger partial charge in [-0.3, -0.25) is 4.79 Å². The van der Waals surface area contributed by atoms with Crippen molar-refractivity contribution in [3.05, 3.63) is 0 Å². The second kappa shape index (κ2) is 6.17. The molecule has 1 rings (SSSR count). The van der Waals surface area contributed by atoms with Crippen LogP contribution in [-0.4, -0.2) is 50.9 Å². The third kappa shape index (κ3) is 4.29. The molecule has 18 heavy (non-hydrogen) atoms. The number of tetrazole rings is 1. The Labute approximate surface area is 112 Å². The lowest BCUT2D eigenvalue weighted by Crippen LogP contribution is -2.24. The van der Waals surface area contributed by atoms with E-state index in [4.69, 9.17) is 0 Å². The summed E-state index contributed by atoms with van der Waals surface area (Å²) in [7, 11) is 3.55. The topological polar surface area (TPSA) is 63.9 Å². The molecule has 102 valence electrons. The van der Waals surface area contributed by atoms with Crippen LogP contribution in [0.4, 0.5) is 0 Å². The number of carbonyl (C=O) groups is 1. The molecule has 0 aliphatic carbocycles. The number of rotatable bonds is 5. The Bertz CT molecular complexity index is 396. The second-order valence-corrected chi connectivity index (χ2v) is 6.35. The number of amides is 1. The number of carbonyl (C=O) groups excluding carboxylic acids is 1. The van der Waals surface area contributed by atoms with Crippen molar-refractivity contribution in [2.24, 2.45) is 0 Å². The van der Waals surface area contributed by atoms with E-state index in [2.05, 4.69) is 36.3 Å². The van der Waals surface area contributed by atoms with Gasteiger partial charge in [-0.1, -0.05) is 11.8 Å². The van der Waals surface area contributed by atoms with Gasteiger partial charge < -0.3 is 4.90 Å². The largest absolute Gasteiger partial charge is 0.349 e. The number of thioether (sulfide) groups is 1. The van der Waals surface area contributed by atoms with E-state index in [1.807, 2.05) is 4.68 Å². The molecule has 0 aromatic carbocycles. The van der Waals surface area contributed by atoms with Gasteiger partial charge >= 0.3 is 0 Å². The van der Waals surface area contributed by atoms with Crippen molar-refractivity contribution >= 4 is 17.7 Å². The quantitative estimate of drug-likeness (QED) is 0.598. The molecule has 1 amide bonds. The van der Waals surface area contributed by atoms with Crippen LogP contribution in [0.15, 0.2) is 5.16 Å². The maximum absolute atomic E-state index is 11.4. The zero-order valence-electron chi connectivity index (χ0n) is 11.7. The van der Waals surface area contributed by atoms with E-state index in [0.717, 1.165) is 17.3 Å². The third-order valence-corrected chi connectivity index (χ3v) is 3.35. The summed E-state index contributed by atoms with van der Waals surface area (Å²) in [5.74, 6) is 1.00. The average Bonchev–Trinajstić information content (AvgIpc) is 2.71. The van der Waals surface area contributed by atoms with Gasteiger partial charge in [0.1, 0.15) is 0 Å². The van der Waals surface area contributed by atoms with E-state index in [1.165, 1.54) is 0 Å². The minimum atomic E-state index is -0.120. The predicted octanol–water partition coefficient (Wildman–Crippen LogP) is 1.39. The zero-order chi connectivity index (χ0) is 13.8. The predicted molar refractivity (Wildman–Crippen MR) is 71.5 cm³/mol. The Hall–Kier alpha value is -1.11. The molecule has 0 atom stereocenters. The highest BCUT2D eigenvalue weighted by Crippen LogP contribution is 2.22. The molecule has 1 aromatic heterocycles. The van der Waals surface area contributed by atoms with Crippen LogP contribution in [0.3, 0.4) is 0 Å². The maximum Gasteiger partial charge on any atom is 0.222 e. The van der Waals surface area contributed by atoms with Crippen LogP contribution in [-0.2, 0) is 10.3 Å². The smallest absolute Gasteiger partial charge is 0.222 e. The van der Waals surface area contributed by atoms with Crippen molar-refractivity contribution in [3.63, 3.8) is 0 Å². The molecule has 0 saturated heterocycles. The summed E-state index contributed by atoms with van der Waals surface area (Å²) in [5, 5.41) is 12.5. The SMILES string of the molecule is CN(C)C(=O)CCCSc1nnnn1C(C)(C)C. The van der Waals surface area contributed by atoms with E-state index in [-0.39, 0.29) is 11.4 Å². The summed E-state index contributed by atoms with van der Waals surface area (Å²) < 4.78 is 1.81. The third-order valence-electron chi connectivity index (χ3n) is 2.34. The highest BCUT2D eigenvalue weighted by molar-refractivity contribution is 7.99. The first-order valence-electron chi connectivity index (χ1n) is 5.94. The van der Waals surface area contributed by atoms with Crippen LogP contribution in [0, 0.1) is 0 Å². The summed E-state index contributed by atoms with van der Waals surface area (Å²) in [6.07, 6.45) is 1.40. The van der Waals surface area contributed by atoms with Crippen molar-refractivity contribution < 1.29 is 4.79 Å². The minimum Gasteiger partial charge on any atom is -0.349 e. The van der Waals surface area contributed by atoms with Crippen molar-refractivity contribution in [1.82, 2.24) is 25.1 Å². The highest BCUT2D eigenvalue weighted by atomic mass is 32.2. The fraction of sp³-hybridized carbons (Fsp3) is 0.818. The van der Waals surface area contributed by atoms with Crippen molar-refractivity contribution in [2.45, 2.75) is 44.3 Å². The van der Waals surface area contributed by atoms with Crippen molar-refractivity contribution in [1.29, 1.82) is 0 Å². The second-order valence-electron chi connectivity index (χ2n) is 5.28. The fourth-order valence-electron chi connectivity index (χ4n) is 1.30. The summed E-state index contributed by atoms with van der Waals surface area (Å²) in [4.78, 5) is 13.0. The molecule has 7 heteroatoms. The zero-order valence-corrected chi connectivity index (χ0v) is 12.5. The van der Waals surface area contributed by atoms with Gasteiger partial charge in [-0.25, -0.2) is 4.68 Å². The first kappa shape index (κ1) is 14.9. The van der Waals surface area contributed by atoms with E-state index >= 15 is 0 Å². The first-order chi connectivity index (χ1) is 8.32. The Kier molecular flexibility index (Phi) is 5.13. The minimum absolute atomic E-state index is 0.120. The van der Waals surface area contributed by atoms with Crippen LogP contribution < -0.4 is 0 Å². The number of nitrogens with zero attached hydrogens (tertiary/aromatic N) is 5. The Morgan fingerprint density at radius 3 is 2.61 bits per heavy atom. The van der Waals surface area contributed by atoms with Gasteiger partial charge in [-0.05, 0) is 37.6 Å². The number of hydrogen-bond donors (Lipinski definition) is 0. The van der Waals surface area contributed by atoms with Crippen LogP contribution in [0.25, 0.3) is 0 Å². The lowest BCUT2D eigenvalue weighted by atomic mass is 10.1. The van der Waals surface area contributed by atoms with Gasteiger partial charge in [0, 0.05) is 26.3 Å². The Morgan fingerprint density at radius 2 is 2.06 bits per heavy atom. The van der Waals surface area contributed by atoms with Crippen molar-refractivity contribution in [3.8, 4) is 0 Å². The van der Waals surface area contributed by atoms with Gasteiger partial charge in [-0.2, -0.15) is 0 Å². The average molecular weight is 271 g/mol. The first-order valence-corrected chi connectivity index (χ1v) is 6.92. The van der Waals surface area contributed by atoms with E-state index in [0.29, 0.717) is 6.42 Å². The number of hydrogen-bond acceptors (Lipinski definition) is 5. The molecule has 0 N–H and O–H groups in total. The standard InChI is InChI=1S/C11H21N5OS/c1-11(2,3)16-10(12-13-14-16)18-8-6-7-9(17)15(4)5/h6-8H2,1-5H3. The molecule has 1 aromatic rings. The van der Waals surface area contributed by atoms with Crippen molar-refractivity contribution in [2.75, 3.05) is 19.8 Å². The highest BCUT2D eigenvalue weighted by Gasteiger charge is 2.19. The summed E-state index contributed by atoms with van der Waals surface area (Å²) in [6, 6.07) is 0. The lowest BCUT2D eigenvalue weighted by molar-refractivity contribution is -0.128. The van der Waals surface area contributed by atoms with Crippen LogP contribution in [0.2, 0.25) is 0 Å². The molecule has 6 nitrogen and oxygen atoms in total. The Morgan fingerprint density at radius 1 is 1.39 bits per heavy atom. The molecule has 0 spiro atoms. The van der Waals surface area contributed by atoms with Crippen LogP contribution in [0.1, 0.15) is 33.6 Å². The van der Waals surface area contributed by atoms with Gasteiger partial charge in [-0.15, -0.1) is 5.10 Å². The van der Waals surface area contributed by atoms with E-state index in [1.54, 1.807) is 30.8 Å².